The van der Waals surface area contributed by atoms with E-state index in [-0.39, 0.29) is 0 Å². The lowest BCUT2D eigenvalue weighted by molar-refractivity contribution is -0.0727. The first-order chi connectivity index (χ1) is 6.43. The van der Waals surface area contributed by atoms with Crippen LogP contribution in [0.5, 0.6) is 0 Å². The van der Waals surface area contributed by atoms with Crippen molar-refractivity contribution >= 4 is 0 Å². The number of rotatable bonds is 1. The molecule has 2 N–H and O–H groups in total. The molecule has 0 spiro atoms. The topological polar surface area (TPSA) is 26.0 Å². The minimum absolute atomic E-state index is 0.494. The summed E-state index contributed by atoms with van der Waals surface area (Å²) >= 11 is 0. The van der Waals surface area contributed by atoms with Crippen molar-refractivity contribution in [3.63, 3.8) is 0 Å². The third kappa shape index (κ3) is 1.32. The van der Waals surface area contributed by atoms with Crippen LogP contribution in [-0.2, 0) is 0 Å². The van der Waals surface area contributed by atoms with E-state index in [1.165, 1.54) is 38.5 Å². The molecule has 82 valence electrons. The summed E-state index contributed by atoms with van der Waals surface area (Å²) in [5.74, 6) is 0. The molecule has 1 heteroatoms. The minimum atomic E-state index is 0.494. The van der Waals surface area contributed by atoms with Crippen LogP contribution in [0.2, 0.25) is 0 Å². The van der Waals surface area contributed by atoms with Crippen LogP contribution in [0.1, 0.15) is 59.3 Å². The monoisotopic (exact) mass is 195 g/mol. The zero-order valence-corrected chi connectivity index (χ0v) is 10.0. The molecule has 1 nitrogen and oxygen atoms in total. The molecule has 3 fully saturated rings. The Morgan fingerprint density at radius 1 is 0.929 bits per heavy atom. The van der Waals surface area contributed by atoms with Gasteiger partial charge in [-0.3, -0.25) is 0 Å². The molecule has 0 aromatic carbocycles. The molecule has 0 saturated heterocycles. The summed E-state index contributed by atoms with van der Waals surface area (Å²) in [6.07, 6.45) is 8.44. The maximum atomic E-state index is 5.93. The van der Waals surface area contributed by atoms with Gasteiger partial charge in [0.05, 0.1) is 0 Å². The average molecular weight is 195 g/mol. The Morgan fingerprint density at radius 3 is 1.64 bits per heavy atom. The highest BCUT2D eigenvalue weighted by molar-refractivity contribution is 5.04. The zero-order chi connectivity index (χ0) is 10.4. The van der Waals surface area contributed by atoms with E-state index in [1.54, 1.807) is 0 Å². The number of hydrogen-bond donors (Lipinski definition) is 1. The molecule has 0 amide bonds. The molecular formula is C13H25N. The Kier molecular flexibility index (Phi) is 2.23. The van der Waals surface area contributed by atoms with Crippen LogP contribution in [0, 0.1) is 16.2 Å². The molecular weight excluding hydrogens is 170 g/mol. The molecule has 0 unspecified atom stereocenters. The van der Waals surface area contributed by atoms with Gasteiger partial charge in [0, 0.05) is 0 Å². The Balaban J connectivity index is 2.17. The largest absolute Gasteiger partial charge is 0.330 e. The first kappa shape index (κ1) is 10.5. The van der Waals surface area contributed by atoms with Crippen molar-refractivity contribution in [2.24, 2.45) is 22.0 Å². The predicted octanol–water partition coefficient (Wildman–Crippen LogP) is 3.33. The van der Waals surface area contributed by atoms with E-state index in [9.17, 15) is 0 Å². The Hall–Kier alpha value is -0.0400. The van der Waals surface area contributed by atoms with Crippen LogP contribution in [-0.4, -0.2) is 6.54 Å². The second-order valence-corrected chi connectivity index (χ2v) is 6.73. The quantitative estimate of drug-likeness (QED) is 0.682. The second kappa shape index (κ2) is 2.98. The Bertz CT molecular complexity index is 199. The van der Waals surface area contributed by atoms with E-state index < -0.39 is 0 Å². The number of fused-ring (bicyclic) bond motifs is 3. The summed E-state index contributed by atoms with van der Waals surface area (Å²) in [7, 11) is 0. The Labute approximate surface area is 88.4 Å². The molecule has 3 aliphatic carbocycles. The van der Waals surface area contributed by atoms with Gasteiger partial charge in [-0.25, -0.2) is 0 Å². The third-order valence-electron chi connectivity index (χ3n) is 5.43. The molecule has 0 aromatic heterocycles. The van der Waals surface area contributed by atoms with E-state index in [0.717, 1.165) is 6.54 Å². The molecule has 2 bridgehead atoms. The summed E-state index contributed by atoms with van der Waals surface area (Å²) in [5, 5.41) is 0. The summed E-state index contributed by atoms with van der Waals surface area (Å²) < 4.78 is 0. The average Bonchev–Trinajstić information content (AvgIpc) is 2.19. The lowest BCUT2D eigenvalue weighted by Gasteiger charge is -2.58. The second-order valence-electron chi connectivity index (χ2n) is 6.73. The highest BCUT2D eigenvalue weighted by atomic mass is 14.7. The van der Waals surface area contributed by atoms with Crippen molar-refractivity contribution < 1.29 is 0 Å². The molecule has 3 saturated carbocycles. The third-order valence-corrected chi connectivity index (χ3v) is 5.43. The van der Waals surface area contributed by atoms with Crippen LogP contribution < -0.4 is 5.73 Å². The van der Waals surface area contributed by atoms with Crippen molar-refractivity contribution in [1.82, 2.24) is 0 Å². The van der Waals surface area contributed by atoms with Gasteiger partial charge in [0.1, 0.15) is 0 Å². The van der Waals surface area contributed by atoms with Crippen LogP contribution in [0.25, 0.3) is 0 Å². The van der Waals surface area contributed by atoms with E-state index >= 15 is 0 Å². The van der Waals surface area contributed by atoms with Gasteiger partial charge in [0.2, 0.25) is 0 Å². The fourth-order valence-corrected chi connectivity index (χ4v) is 3.69. The SMILES string of the molecule is CC(C)(C)C12CCC(CN)(CC1)CC2. The summed E-state index contributed by atoms with van der Waals surface area (Å²) in [4.78, 5) is 0. The molecule has 0 aromatic rings. The normalized spacial score (nSPS) is 42.9. The van der Waals surface area contributed by atoms with Gasteiger partial charge < -0.3 is 5.73 Å². The maximum absolute atomic E-state index is 5.93. The zero-order valence-electron chi connectivity index (χ0n) is 10.0. The Morgan fingerprint density at radius 2 is 1.36 bits per heavy atom. The molecule has 0 radical (unpaired) electrons. The van der Waals surface area contributed by atoms with Crippen LogP contribution in [0.4, 0.5) is 0 Å². The standard InChI is InChI=1S/C13H25N/c1-11(2,3)13-7-4-12(10-14,5-8-13)6-9-13/h4-10,14H2,1-3H3. The predicted molar refractivity (Wildman–Crippen MR) is 61.1 cm³/mol. The lowest BCUT2D eigenvalue weighted by atomic mass is 9.47. The smallest absolute Gasteiger partial charge is 0.00205 e. The minimum Gasteiger partial charge on any atom is -0.330 e. The molecule has 3 aliphatic rings. The van der Waals surface area contributed by atoms with Crippen molar-refractivity contribution in [3.05, 3.63) is 0 Å². The van der Waals surface area contributed by atoms with Gasteiger partial charge in [-0.15, -0.1) is 0 Å². The summed E-state index contributed by atoms with van der Waals surface area (Å²) in [6, 6.07) is 0. The highest BCUT2D eigenvalue weighted by Crippen LogP contribution is 2.62. The van der Waals surface area contributed by atoms with Crippen LogP contribution >= 0.6 is 0 Å². The van der Waals surface area contributed by atoms with E-state index in [0.29, 0.717) is 16.2 Å². The van der Waals surface area contributed by atoms with Crippen molar-refractivity contribution in [2.45, 2.75) is 59.3 Å². The van der Waals surface area contributed by atoms with Crippen molar-refractivity contribution in [2.75, 3.05) is 6.54 Å². The van der Waals surface area contributed by atoms with E-state index in [4.69, 9.17) is 5.73 Å². The van der Waals surface area contributed by atoms with Crippen LogP contribution in [0.15, 0.2) is 0 Å². The molecule has 0 heterocycles. The van der Waals surface area contributed by atoms with E-state index in [1.807, 2.05) is 0 Å². The molecule has 0 atom stereocenters. The van der Waals surface area contributed by atoms with Crippen LogP contribution in [0.3, 0.4) is 0 Å². The van der Waals surface area contributed by atoms with Crippen molar-refractivity contribution in [1.29, 1.82) is 0 Å². The highest BCUT2D eigenvalue weighted by Gasteiger charge is 2.52. The van der Waals surface area contributed by atoms with Gasteiger partial charge >= 0.3 is 0 Å². The number of hydrogen-bond acceptors (Lipinski definition) is 1. The van der Waals surface area contributed by atoms with Gasteiger partial charge in [0.25, 0.3) is 0 Å². The molecule has 0 aliphatic heterocycles. The maximum Gasteiger partial charge on any atom is -0.00205 e. The van der Waals surface area contributed by atoms with Gasteiger partial charge in [0.15, 0.2) is 0 Å². The van der Waals surface area contributed by atoms with Crippen molar-refractivity contribution in [3.8, 4) is 0 Å². The fraction of sp³-hybridized carbons (Fsp3) is 1.00. The number of nitrogens with two attached hydrogens (primary N) is 1. The first-order valence-corrected chi connectivity index (χ1v) is 6.13. The molecule has 14 heavy (non-hydrogen) atoms. The molecule has 3 rings (SSSR count). The van der Waals surface area contributed by atoms with Gasteiger partial charge in [-0.1, -0.05) is 20.8 Å². The first-order valence-electron chi connectivity index (χ1n) is 6.13. The van der Waals surface area contributed by atoms with E-state index in [2.05, 4.69) is 20.8 Å². The lowest BCUT2D eigenvalue weighted by Crippen LogP contribution is -2.50. The fourth-order valence-electron chi connectivity index (χ4n) is 3.69. The summed E-state index contributed by atoms with van der Waals surface area (Å²) in [6.45, 7) is 8.20. The summed E-state index contributed by atoms with van der Waals surface area (Å²) in [5.41, 5.74) is 7.61. The van der Waals surface area contributed by atoms with Gasteiger partial charge in [-0.05, 0) is 61.3 Å². The van der Waals surface area contributed by atoms with Gasteiger partial charge in [-0.2, -0.15) is 0 Å².